The second-order valence-corrected chi connectivity index (χ2v) is 8.80. The van der Waals surface area contributed by atoms with Crippen LogP contribution in [0.25, 0.3) is 0 Å². The Kier molecular flexibility index (Phi) is 6.95. The van der Waals surface area contributed by atoms with Gasteiger partial charge in [0.15, 0.2) is 0 Å². The highest BCUT2D eigenvalue weighted by Crippen LogP contribution is 2.37. The van der Waals surface area contributed by atoms with E-state index in [1.54, 1.807) is 6.20 Å². The largest absolute Gasteiger partial charge is 0.439 e. The third-order valence-corrected chi connectivity index (χ3v) is 6.16. The van der Waals surface area contributed by atoms with Crippen LogP contribution in [-0.2, 0) is 0 Å². The molecule has 0 saturated heterocycles. The zero-order valence-electron chi connectivity index (χ0n) is 21.2. The van der Waals surface area contributed by atoms with Gasteiger partial charge in [-0.2, -0.15) is 4.98 Å². The maximum atomic E-state index is 6.32. The Morgan fingerprint density at radius 3 is 1.54 bits per heavy atom. The molecule has 6 aromatic rings. The SMILES string of the molecule is c1ccc(N(c2cccc(Oc3cccc(N(c4ccccc4)c4ccccc4)n3)c2)c2ccccn2)cc1. The lowest BCUT2D eigenvalue weighted by atomic mass is 10.2. The van der Waals surface area contributed by atoms with Gasteiger partial charge in [-0.05, 0) is 66.7 Å². The van der Waals surface area contributed by atoms with Gasteiger partial charge in [-0.15, -0.1) is 0 Å². The summed E-state index contributed by atoms with van der Waals surface area (Å²) in [6, 6.07) is 50.3. The number of pyridine rings is 2. The molecule has 0 amide bonds. The second kappa shape index (κ2) is 11.3. The Hall–Kier alpha value is -5.42. The molecule has 0 saturated carbocycles. The molecule has 5 heteroatoms. The lowest BCUT2D eigenvalue weighted by Gasteiger charge is -2.25. The van der Waals surface area contributed by atoms with Crippen LogP contribution in [0.4, 0.5) is 34.4 Å². The number of rotatable bonds is 8. The minimum atomic E-state index is 0.505. The van der Waals surface area contributed by atoms with E-state index >= 15 is 0 Å². The minimum Gasteiger partial charge on any atom is -0.439 e. The Morgan fingerprint density at radius 2 is 0.949 bits per heavy atom. The summed E-state index contributed by atoms with van der Waals surface area (Å²) in [4.78, 5) is 13.7. The van der Waals surface area contributed by atoms with Crippen molar-refractivity contribution in [2.45, 2.75) is 0 Å². The van der Waals surface area contributed by atoms with E-state index in [1.807, 2.05) is 115 Å². The third kappa shape index (κ3) is 5.48. The van der Waals surface area contributed by atoms with Crippen molar-refractivity contribution in [3.05, 3.63) is 158 Å². The first-order chi connectivity index (χ1) is 19.3. The summed E-state index contributed by atoms with van der Waals surface area (Å²) in [6.45, 7) is 0. The van der Waals surface area contributed by atoms with Crippen LogP contribution in [0.2, 0.25) is 0 Å². The Labute approximate surface area is 228 Å². The van der Waals surface area contributed by atoms with E-state index in [4.69, 9.17) is 9.72 Å². The number of aromatic nitrogens is 2. The normalized spacial score (nSPS) is 10.6. The summed E-state index contributed by atoms with van der Waals surface area (Å²) in [5, 5.41) is 0. The fraction of sp³-hybridized carbons (Fsp3) is 0. The molecule has 0 aliphatic heterocycles. The monoisotopic (exact) mass is 506 g/mol. The molecule has 188 valence electrons. The lowest BCUT2D eigenvalue weighted by molar-refractivity contribution is 0.463. The molecule has 0 atom stereocenters. The summed E-state index contributed by atoms with van der Waals surface area (Å²) in [6.07, 6.45) is 1.80. The molecule has 5 nitrogen and oxygen atoms in total. The molecule has 4 aromatic carbocycles. The number of nitrogens with zero attached hydrogens (tertiary/aromatic N) is 4. The molecule has 2 heterocycles. The maximum absolute atomic E-state index is 6.32. The van der Waals surface area contributed by atoms with Crippen LogP contribution in [0.3, 0.4) is 0 Å². The molecular formula is C34H26N4O. The smallest absolute Gasteiger partial charge is 0.221 e. The first-order valence-corrected chi connectivity index (χ1v) is 12.8. The Bertz CT molecular complexity index is 1420. The average Bonchev–Trinajstić information content (AvgIpc) is 3.00. The highest BCUT2D eigenvalue weighted by molar-refractivity contribution is 5.76. The summed E-state index contributed by atoms with van der Waals surface area (Å²) < 4.78 is 6.32. The van der Waals surface area contributed by atoms with Crippen molar-refractivity contribution in [1.82, 2.24) is 9.97 Å². The van der Waals surface area contributed by atoms with E-state index in [0.717, 1.165) is 34.4 Å². The maximum Gasteiger partial charge on any atom is 0.221 e. The average molecular weight is 507 g/mol. The van der Waals surface area contributed by atoms with E-state index in [-0.39, 0.29) is 0 Å². The molecule has 0 radical (unpaired) electrons. The summed E-state index contributed by atoms with van der Waals surface area (Å²) in [5.74, 6) is 2.77. The molecule has 0 aliphatic rings. The number of benzene rings is 4. The van der Waals surface area contributed by atoms with Gasteiger partial charge in [0.25, 0.3) is 0 Å². The van der Waals surface area contributed by atoms with E-state index in [0.29, 0.717) is 11.6 Å². The van der Waals surface area contributed by atoms with E-state index in [2.05, 4.69) is 51.2 Å². The van der Waals surface area contributed by atoms with Crippen molar-refractivity contribution in [2.24, 2.45) is 0 Å². The van der Waals surface area contributed by atoms with Crippen molar-refractivity contribution in [3.63, 3.8) is 0 Å². The highest BCUT2D eigenvalue weighted by Gasteiger charge is 2.16. The van der Waals surface area contributed by atoms with Crippen LogP contribution < -0.4 is 14.5 Å². The highest BCUT2D eigenvalue weighted by atomic mass is 16.5. The van der Waals surface area contributed by atoms with Gasteiger partial charge >= 0.3 is 0 Å². The first-order valence-electron chi connectivity index (χ1n) is 12.8. The van der Waals surface area contributed by atoms with Crippen molar-refractivity contribution in [1.29, 1.82) is 0 Å². The standard InChI is InChI=1S/C34H26N4O/c1-4-14-27(15-5-1)37(28-16-6-2-7-17-28)33-23-13-24-34(36-33)39-31-21-12-20-30(26-31)38(29-18-8-3-9-19-29)32-22-10-11-25-35-32/h1-26H. The van der Waals surface area contributed by atoms with Crippen LogP contribution in [0.5, 0.6) is 11.6 Å². The van der Waals surface area contributed by atoms with Gasteiger partial charge in [-0.3, -0.25) is 9.80 Å². The van der Waals surface area contributed by atoms with Crippen LogP contribution in [0.15, 0.2) is 158 Å². The molecule has 0 spiro atoms. The molecule has 0 bridgehead atoms. The van der Waals surface area contributed by atoms with Gasteiger partial charge in [0.2, 0.25) is 5.88 Å². The topological polar surface area (TPSA) is 41.5 Å². The van der Waals surface area contributed by atoms with Crippen molar-refractivity contribution in [3.8, 4) is 11.6 Å². The van der Waals surface area contributed by atoms with Crippen molar-refractivity contribution in [2.75, 3.05) is 9.80 Å². The third-order valence-electron chi connectivity index (χ3n) is 6.16. The van der Waals surface area contributed by atoms with E-state index in [9.17, 15) is 0 Å². The molecule has 2 aromatic heterocycles. The zero-order chi connectivity index (χ0) is 26.3. The van der Waals surface area contributed by atoms with Crippen LogP contribution in [-0.4, -0.2) is 9.97 Å². The lowest BCUT2D eigenvalue weighted by Crippen LogP contribution is -2.12. The van der Waals surface area contributed by atoms with Crippen molar-refractivity contribution >= 4 is 34.4 Å². The predicted molar refractivity (Wildman–Crippen MR) is 158 cm³/mol. The Morgan fingerprint density at radius 1 is 0.436 bits per heavy atom. The minimum absolute atomic E-state index is 0.505. The molecule has 0 N–H and O–H groups in total. The fourth-order valence-electron chi connectivity index (χ4n) is 4.44. The van der Waals surface area contributed by atoms with Crippen LogP contribution >= 0.6 is 0 Å². The first kappa shape index (κ1) is 23.9. The second-order valence-electron chi connectivity index (χ2n) is 8.80. The van der Waals surface area contributed by atoms with Gasteiger partial charge in [0, 0.05) is 35.4 Å². The molecular weight excluding hydrogens is 480 g/mol. The molecule has 0 fully saturated rings. The number of para-hydroxylation sites is 3. The predicted octanol–water partition coefficient (Wildman–Crippen LogP) is 9.21. The van der Waals surface area contributed by atoms with E-state index in [1.165, 1.54) is 0 Å². The molecule has 6 rings (SSSR count). The number of ether oxygens (including phenoxy) is 1. The number of hydrogen-bond donors (Lipinski definition) is 0. The van der Waals surface area contributed by atoms with Crippen molar-refractivity contribution < 1.29 is 4.74 Å². The molecule has 0 unspecified atom stereocenters. The van der Waals surface area contributed by atoms with Crippen LogP contribution in [0.1, 0.15) is 0 Å². The Balaban J connectivity index is 1.34. The van der Waals surface area contributed by atoms with Crippen LogP contribution in [0, 0.1) is 0 Å². The zero-order valence-corrected chi connectivity index (χ0v) is 21.2. The van der Waals surface area contributed by atoms with Gasteiger partial charge in [-0.25, -0.2) is 4.98 Å². The molecule has 39 heavy (non-hydrogen) atoms. The fourth-order valence-corrected chi connectivity index (χ4v) is 4.44. The quantitative estimate of drug-likeness (QED) is 0.206. The molecule has 0 aliphatic carbocycles. The summed E-state index contributed by atoms with van der Waals surface area (Å²) in [5.41, 5.74) is 3.98. The summed E-state index contributed by atoms with van der Waals surface area (Å²) >= 11 is 0. The van der Waals surface area contributed by atoms with Gasteiger partial charge in [0.05, 0.1) is 5.69 Å². The van der Waals surface area contributed by atoms with Gasteiger partial charge < -0.3 is 4.74 Å². The summed E-state index contributed by atoms with van der Waals surface area (Å²) in [7, 11) is 0. The number of anilines is 6. The number of hydrogen-bond acceptors (Lipinski definition) is 5. The van der Waals surface area contributed by atoms with Gasteiger partial charge in [0.1, 0.15) is 17.4 Å². The van der Waals surface area contributed by atoms with Gasteiger partial charge in [-0.1, -0.05) is 72.8 Å². The van der Waals surface area contributed by atoms with E-state index < -0.39 is 0 Å².